The molecular weight excluding hydrogens is 276 g/mol. The SMILES string of the molecule is CCOc1cc(CN(C)CC2CCCN(C)C2)ccc1OC. The molecule has 0 amide bonds. The Morgan fingerprint density at radius 2 is 2.14 bits per heavy atom. The largest absolute Gasteiger partial charge is 0.493 e. The number of likely N-dealkylation sites (tertiary alicyclic amines) is 1. The minimum atomic E-state index is 0.657. The summed E-state index contributed by atoms with van der Waals surface area (Å²) in [6.07, 6.45) is 2.67. The maximum atomic E-state index is 5.66. The van der Waals surface area contributed by atoms with Crippen LogP contribution >= 0.6 is 0 Å². The number of hydrogen-bond donors (Lipinski definition) is 0. The highest BCUT2D eigenvalue weighted by Gasteiger charge is 2.18. The Morgan fingerprint density at radius 1 is 1.32 bits per heavy atom. The second-order valence-electron chi connectivity index (χ2n) is 6.39. The molecule has 0 spiro atoms. The van der Waals surface area contributed by atoms with Gasteiger partial charge in [-0.2, -0.15) is 0 Å². The second-order valence-corrected chi connectivity index (χ2v) is 6.39. The maximum absolute atomic E-state index is 5.66. The molecule has 0 aromatic heterocycles. The van der Waals surface area contributed by atoms with E-state index in [0.717, 1.165) is 30.5 Å². The van der Waals surface area contributed by atoms with E-state index in [0.29, 0.717) is 6.61 Å². The van der Waals surface area contributed by atoms with Crippen LogP contribution in [0.5, 0.6) is 11.5 Å². The van der Waals surface area contributed by atoms with Gasteiger partial charge in [0.15, 0.2) is 11.5 Å². The highest BCUT2D eigenvalue weighted by atomic mass is 16.5. The van der Waals surface area contributed by atoms with E-state index in [1.54, 1.807) is 7.11 Å². The summed E-state index contributed by atoms with van der Waals surface area (Å²) in [4.78, 5) is 4.87. The molecule has 1 aliphatic rings. The highest BCUT2D eigenvalue weighted by Crippen LogP contribution is 2.28. The topological polar surface area (TPSA) is 24.9 Å². The Morgan fingerprint density at radius 3 is 2.82 bits per heavy atom. The fourth-order valence-corrected chi connectivity index (χ4v) is 3.33. The van der Waals surface area contributed by atoms with Gasteiger partial charge in [0, 0.05) is 19.6 Å². The molecule has 0 saturated carbocycles. The molecule has 1 heterocycles. The Balaban J connectivity index is 1.93. The quantitative estimate of drug-likeness (QED) is 0.773. The van der Waals surface area contributed by atoms with Gasteiger partial charge >= 0.3 is 0 Å². The number of rotatable bonds is 7. The van der Waals surface area contributed by atoms with E-state index in [1.807, 2.05) is 13.0 Å². The van der Waals surface area contributed by atoms with Gasteiger partial charge in [-0.1, -0.05) is 6.07 Å². The Labute approximate surface area is 135 Å². The Bertz CT molecular complexity index is 464. The van der Waals surface area contributed by atoms with Crippen molar-refractivity contribution >= 4 is 0 Å². The molecule has 1 fully saturated rings. The molecule has 1 aromatic carbocycles. The lowest BCUT2D eigenvalue weighted by Crippen LogP contribution is -2.37. The normalized spacial score (nSPS) is 19.4. The molecule has 0 bridgehead atoms. The summed E-state index contributed by atoms with van der Waals surface area (Å²) in [5.74, 6) is 2.43. The van der Waals surface area contributed by atoms with Gasteiger partial charge in [0.1, 0.15) is 0 Å². The molecule has 4 nitrogen and oxygen atoms in total. The van der Waals surface area contributed by atoms with E-state index in [9.17, 15) is 0 Å². The fraction of sp³-hybridized carbons (Fsp3) is 0.667. The lowest BCUT2D eigenvalue weighted by atomic mass is 9.98. The zero-order valence-electron chi connectivity index (χ0n) is 14.5. The van der Waals surface area contributed by atoms with Crippen molar-refractivity contribution in [3.63, 3.8) is 0 Å². The van der Waals surface area contributed by atoms with Gasteiger partial charge in [0.05, 0.1) is 13.7 Å². The predicted octanol–water partition coefficient (Wildman–Crippen LogP) is 2.87. The summed E-state index contributed by atoms with van der Waals surface area (Å²) < 4.78 is 11.0. The molecule has 1 unspecified atom stereocenters. The summed E-state index contributed by atoms with van der Waals surface area (Å²) in [5, 5.41) is 0. The Kier molecular flexibility index (Phi) is 6.52. The van der Waals surface area contributed by atoms with Gasteiger partial charge in [-0.05, 0) is 64.0 Å². The Hall–Kier alpha value is -1.26. The van der Waals surface area contributed by atoms with Crippen LogP contribution in [0, 0.1) is 5.92 Å². The van der Waals surface area contributed by atoms with E-state index in [-0.39, 0.29) is 0 Å². The molecule has 1 aliphatic heterocycles. The molecule has 4 heteroatoms. The predicted molar refractivity (Wildman–Crippen MR) is 90.7 cm³/mol. The number of nitrogens with zero attached hydrogens (tertiary/aromatic N) is 2. The van der Waals surface area contributed by atoms with E-state index >= 15 is 0 Å². The molecule has 1 saturated heterocycles. The highest BCUT2D eigenvalue weighted by molar-refractivity contribution is 5.42. The monoisotopic (exact) mass is 306 g/mol. The molecule has 0 aliphatic carbocycles. The van der Waals surface area contributed by atoms with Crippen molar-refractivity contribution < 1.29 is 9.47 Å². The molecule has 0 radical (unpaired) electrons. The van der Waals surface area contributed by atoms with Crippen molar-refractivity contribution in [2.24, 2.45) is 5.92 Å². The van der Waals surface area contributed by atoms with Crippen molar-refractivity contribution in [1.29, 1.82) is 0 Å². The average molecular weight is 306 g/mol. The number of methoxy groups -OCH3 is 1. The standard InChI is InChI=1S/C18H30N2O2/c1-5-22-18-11-15(8-9-17(18)21-4)12-20(3)14-16-7-6-10-19(2)13-16/h8-9,11,16H,5-7,10,12-14H2,1-4H3. The number of benzene rings is 1. The van der Waals surface area contributed by atoms with Gasteiger partial charge in [0.25, 0.3) is 0 Å². The fourth-order valence-electron chi connectivity index (χ4n) is 3.33. The van der Waals surface area contributed by atoms with Crippen molar-refractivity contribution in [3.8, 4) is 11.5 Å². The van der Waals surface area contributed by atoms with Gasteiger partial charge in [-0.3, -0.25) is 0 Å². The first-order chi connectivity index (χ1) is 10.6. The minimum Gasteiger partial charge on any atom is -0.493 e. The summed E-state index contributed by atoms with van der Waals surface area (Å²) in [7, 11) is 6.12. The zero-order chi connectivity index (χ0) is 15.9. The number of piperidine rings is 1. The van der Waals surface area contributed by atoms with Gasteiger partial charge in [-0.15, -0.1) is 0 Å². The minimum absolute atomic E-state index is 0.657. The van der Waals surface area contributed by atoms with Crippen molar-refractivity contribution in [3.05, 3.63) is 23.8 Å². The van der Waals surface area contributed by atoms with Crippen molar-refractivity contribution in [1.82, 2.24) is 9.80 Å². The van der Waals surface area contributed by atoms with Crippen LogP contribution in [-0.2, 0) is 6.54 Å². The van der Waals surface area contributed by atoms with E-state index in [1.165, 1.54) is 31.5 Å². The third-order valence-electron chi connectivity index (χ3n) is 4.27. The van der Waals surface area contributed by atoms with Gasteiger partial charge in [-0.25, -0.2) is 0 Å². The molecule has 1 aromatic rings. The number of ether oxygens (including phenoxy) is 2. The zero-order valence-corrected chi connectivity index (χ0v) is 14.5. The van der Waals surface area contributed by atoms with Crippen LogP contribution in [0.4, 0.5) is 0 Å². The molecule has 0 N–H and O–H groups in total. The number of hydrogen-bond acceptors (Lipinski definition) is 4. The summed E-state index contributed by atoms with van der Waals surface area (Å²) in [6.45, 7) is 7.22. The molecule has 124 valence electrons. The van der Waals surface area contributed by atoms with Gasteiger partial charge in [0.2, 0.25) is 0 Å². The third-order valence-corrected chi connectivity index (χ3v) is 4.27. The van der Waals surface area contributed by atoms with Crippen LogP contribution in [-0.4, -0.2) is 57.2 Å². The first-order valence-corrected chi connectivity index (χ1v) is 8.29. The van der Waals surface area contributed by atoms with Crippen LogP contribution < -0.4 is 9.47 Å². The summed E-state index contributed by atoms with van der Waals surface area (Å²) >= 11 is 0. The van der Waals surface area contributed by atoms with Crippen LogP contribution in [0.3, 0.4) is 0 Å². The lowest BCUT2D eigenvalue weighted by Gasteiger charge is -2.32. The molecule has 22 heavy (non-hydrogen) atoms. The second kappa shape index (κ2) is 8.39. The third kappa shape index (κ3) is 4.89. The van der Waals surface area contributed by atoms with Crippen LogP contribution in [0.2, 0.25) is 0 Å². The first-order valence-electron chi connectivity index (χ1n) is 8.29. The van der Waals surface area contributed by atoms with E-state index in [2.05, 4.69) is 36.0 Å². The van der Waals surface area contributed by atoms with E-state index in [4.69, 9.17) is 9.47 Å². The van der Waals surface area contributed by atoms with Crippen molar-refractivity contribution in [2.75, 3.05) is 47.4 Å². The first kappa shape index (κ1) is 17.1. The molecule has 1 atom stereocenters. The molecular formula is C18H30N2O2. The van der Waals surface area contributed by atoms with Crippen LogP contribution in [0.25, 0.3) is 0 Å². The molecule has 2 rings (SSSR count). The maximum Gasteiger partial charge on any atom is 0.161 e. The average Bonchev–Trinajstić information content (AvgIpc) is 2.48. The van der Waals surface area contributed by atoms with Crippen molar-refractivity contribution in [2.45, 2.75) is 26.3 Å². The van der Waals surface area contributed by atoms with Crippen LogP contribution in [0.15, 0.2) is 18.2 Å². The summed E-state index contributed by atoms with van der Waals surface area (Å²) in [6, 6.07) is 6.24. The van der Waals surface area contributed by atoms with Gasteiger partial charge < -0.3 is 19.3 Å². The summed E-state index contributed by atoms with van der Waals surface area (Å²) in [5.41, 5.74) is 1.27. The lowest BCUT2D eigenvalue weighted by molar-refractivity contribution is 0.163. The van der Waals surface area contributed by atoms with Crippen LogP contribution in [0.1, 0.15) is 25.3 Å². The smallest absolute Gasteiger partial charge is 0.161 e. The van der Waals surface area contributed by atoms with E-state index < -0.39 is 0 Å².